The normalized spacial score (nSPS) is 16.6. The molecule has 0 saturated carbocycles. The molecule has 1 aliphatic carbocycles. The molecule has 0 saturated heterocycles. The second-order valence-corrected chi connectivity index (χ2v) is 6.09. The summed E-state index contributed by atoms with van der Waals surface area (Å²) in [4.78, 5) is 11.5. The van der Waals surface area contributed by atoms with Crippen LogP contribution in [0.1, 0.15) is 24.6 Å². The summed E-state index contributed by atoms with van der Waals surface area (Å²) in [6.07, 6.45) is 8.85. The summed E-state index contributed by atoms with van der Waals surface area (Å²) in [7, 11) is 0. The Kier molecular flexibility index (Phi) is 4.47. The average Bonchev–Trinajstić information content (AvgIpc) is 2.90. The SMILES string of the molecule is C=CC(=O)Nc1cccc(C2=CC(C)CC=c3[nH]nc(C)c3=C2)c1. The van der Waals surface area contributed by atoms with Crippen molar-refractivity contribution in [1.29, 1.82) is 0 Å². The summed E-state index contributed by atoms with van der Waals surface area (Å²) >= 11 is 0. The molecule has 4 nitrogen and oxygen atoms in total. The Balaban J connectivity index is 2.09. The Hall–Kier alpha value is -2.88. The molecule has 0 aliphatic heterocycles. The number of fused-ring (bicyclic) bond motifs is 1. The Morgan fingerprint density at radius 1 is 1.46 bits per heavy atom. The molecule has 1 aromatic carbocycles. The van der Waals surface area contributed by atoms with E-state index in [1.54, 1.807) is 0 Å². The molecule has 0 bridgehead atoms. The van der Waals surface area contributed by atoms with Crippen molar-refractivity contribution in [3.8, 4) is 0 Å². The van der Waals surface area contributed by atoms with Gasteiger partial charge >= 0.3 is 0 Å². The van der Waals surface area contributed by atoms with Gasteiger partial charge in [0.2, 0.25) is 5.91 Å². The number of hydrogen-bond acceptors (Lipinski definition) is 2. The first-order chi connectivity index (χ1) is 11.6. The maximum atomic E-state index is 11.5. The molecule has 1 aromatic heterocycles. The van der Waals surface area contributed by atoms with Crippen molar-refractivity contribution in [2.24, 2.45) is 5.92 Å². The van der Waals surface area contributed by atoms with Crippen LogP contribution in [0, 0.1) is 12.8 Å². The summed E-state index contributed by atoms with van der Waals surface area (Å²) in [6, 6.07) is 7.86. The van der Waals surface area contributed by atoms with E-state index in [4.69, 9.17) is 0 Å². The van der Waals surface area contributed by atoms with Crippen LogP contribution < -0.4 is 15.9 Å². The third kappa shape index (κ3) is 3.38. The second-order valence-electron chi connectivity index (χ2n) is 6.09. The third-order valence-electron chi connectivity index (χ3n) is 4.13. The summed E-state index contributed by atoms with van der Waals surface area (Å²) < 4.78 is 0. The van der Waals surface area contributed by atoms with Gasteiger partial charge in [-0.05, 0) is 54.7 Å². The number of rotatable bonds is 3. The van der Waals surface area contributed by atoms with E-state index in [1.807, 2.05) is 25.1 Å². The molecule has 122 valence electrons. The van der Waals surface area contributed by atoms with E-state index in [-0.39, 0.29) is 5.91 Å². The predicted octanol–water partition coefficient (Wildman–Crippen LogP) is 2.53. The van der Waals surface area contributed by atoms with Gasteiger partial charge in [-0.2, -0.15) is 5.10 Å². The highest BCUT2D eigenvalue weighted by Gasteiger charge is 2.08. The number of hydrogen-bond donors (Lipinski definition) is 2. The number of aromatic amines is 1. The topological polar surface area (TPSA) is 57.8 Å². The zero-order valence-corrected chi connectivity index (χ0v) is 14.0. The van der Waals surface area contributed by atoms with Crippen molar-refractivity contribution >= 4 is 29.3 Å². The van der Waals surface area contributed by atoms with E-state index in [2.05, 4.69) is 53.3 Å². The first-order valence-electron chi connectivity index (χ1n) is 8.05. The molecule has 4 heteroatoms. The first kappa shape index (κ1) is 16.0. The van der Waals surface area contributed by atoms with Crippen LogP contribution in [-0.2, 0) is 4.79 Å². The quantitative estimate of drug-likeness (QED) is 0.854. The van der Waals surface area contributed by atoms with Crippen LogP contribution in [-0.4, -0.2) is 16.1 Å². The van der Waals surface area contributed by atoms with Crippen LogP contribution in [0.4, 0.5) is 5.69 Å². The average molecular weight is 319 g/mol. The van der Waals surface area contributed by atoms with Gasteiger partial charge in [-0.25, -0.2) is 0 Å². The van der Waals surface area contributed by atoms with Crippen LogP contribution in [0.25, 0.3) is 17.7 Å². The molecule has 24 heavy (non-hydrogen) atoms. The molecule has 0 spiro atoms. The fourth-order valence-electron chi connectivity index (χ4n) is 2.83. The van der Waals surface area contributed by atoms with Crippen molar-refractivity contribution in [3.05, 3.63) is 64.8 Å². The lowest BCUT2D eigenvalue weighted by Crippen LogP contribution is -2.25. The molecule has 1 unspecified atom stereocenters. The number of carbonyl (C=O) groups is 1. The lowest BCUT2D eigenvalue weighted by molar-refractivity contribution is -0.111. The number of H-pyrrole nitrogens is 1. The zero-order valence-electron chi connectivity index (χ0n) is 14.0. The molecule has 1 heterocycles. The van der Waals surface area contributed by atoms with Gasteiger partial charge < -0.3 is 5.32 Å². The fourth-order valence-corrected chi connectivity index (χ4v) is 2.83. The standard InChI is InChI=1S/C20H21N3O/c1-4-20(24)21-17-7-5-6-15(11-17)16-10-13(2)8-9-19-18(12-16)14(3)22-23-19/h4-7,9-13,23H,1,8H2,2-3H3,(H,21,24). The molecule has 0 radical (unpaired) electrons. The van der Waals surface area contributed by atoms with Gasteiger partial charge in [-0.15, -0.1) is 0 Å². The van der Waals surface area contributed by atoms with Gasteiger partial charge in [-0.1, -0.05) is 37.8 Å². The number of benzene rings is 1. The van der Waals surface area contributed by atoms with Crippen LogP contribution in [0.3, 0.4) is 0 Å². The molecule has 1 amide bonds. The maximum absolute atomic E-state index is 11.5. The van der Waals surface area contributed by atoms with Crippen molar-refractivity contribution < 1.29 is 4.79 Å². The van der Waals surface area contributed by atoms with Crippen molar-refractivity contribution in [2.45, 2.75) is 20.3 Å². The van der Waals surface area contributed by atoms with Gasteiger partial charge in [0, 0.05) is 10.9 Å². The molecule has 1 aliphatic rings. The van der Waals surface area contributed by atoms with E-state index in [0.717, 1.165) is 39.5 Å². The summed E-state index contributed by atoms with van der Waals surface area (Å²) in [6.45, 7) is 7.69. The van der Waals surface area contributed by atoms with Crippen molar-refractivity contribution in [2.75, 3.05) is 5.32 Å². The van der Waals surface area contributed by atoms with Crippen LogP contribution in [0.5, 0.6) is 0 Å². The van der Waals surface area contributed by atoms with Crippen LogP contribution in [0.2, 0.25) is 0 Å². The number of carbonyl (C=O) groups excluding carboxylic acids is 1. The van der Waals surface area contributed by atoms with Gasteiger partial charge in [0.25, 0.3) is 0 Å². The molecule has 3 rings (SSSR count). The Bertz CT molecular complexity index is 934. The number of nitrogens with zero attached hydrogens (tertiary/aromatic N) is 1. The Morgan fingerprint density at radius 3 is 3.08 bits per heavy atom. The van der Waals surface area contributed by atoms with E-state index < -0.39 is 0 Å². The minimum absolute atomic E-state index is 0.210. The first-order valence-corrected chi connectivity index (χ1v) is 8.05. The van der Waals surface area contributed by atoms with Gasteiger partial charge in [0.15, 0.2) is 0 Å². The number of nitrogens with one attached hydrogen (secondary N) is 2. The Morgan fingerprint density at radius 2 is 2.29 bits per heavy atom. The van der Waals surface area contributed by atoms with E-state index >= 15 is 0 Å². The molecule has 2 N–H and O–H groups in total. The molecular weight excluding hydrogens is 298 g/mol. The number of allylic oxidation sites excluding steroid dienone is 2. The van der Waals surface area contributed by atoms with Crippen molar-refractivity contribution in [3.63, 3.8) is 0 Å². The highest BCUT2D eigenvalue weighted by Crippen LogP contribution is 2.23. The summed E-state index contributed by atoms with van der Waals surface area (Å²) in [5.41, 5.74) is 3.95. The Labute approximate surface area is 141 Å². The highest BCUT2D eigenvalue weighted by molar-refractivity contribution is 5.99. The number of amides is 1. The van der Waals surface area contributed by atoms with Gasteiger partial charge in [0.1, 0.15) is 0 Å². The van der Waals surface area contributed by atoms with Crippen molar-refractivity contribution in [1.82, 2.24) is 10.2 Å². The van der Waals surface area contributed by atoms with Crippen LogP contribution in [0.15, 0.2) is 43.0 Å². The smallest absolute Gasteiger partial charge is 0.247 e. The lowest BCUT2D eigenvalue weighted by Gasteiger charge is -2.11. The summed E-state index contributed by atoms with van der Waals surface area (Å²) in [5, 5.41) is 12.4. The van der Waals surface area contributed by atoms with E-state index in [9.17, 15) is 4.79 Å². The van der Waals surface area contributed by atoms with E-state index in [1.165, 1.54) is 6.08 Å². The molecule has 0 fully saturated rings. The fraction of sp³-hybridized carbons (Fsp3) is 0.200. The molecule has 2 aromatic rings. The highest BCUT2D eigenvalue weighted by atomic mass is 16.1. The minimum Gasteiger partial charge on any atom is -0.323 e. The number of aromatic nitrogens is 2. The lowest BCUT2D eigenvalue weighted by atomic mass is 9.95. The van der Waals surface area contributed by atoms with Crippen LogP contribution >= 0.6 is 0 Å². The maximum Gasteiger partial charge on any atom is 0.247 e. The monoisotopic (exact) mass is 319 g/mol. The summed E-state index contributed by atoms with van der Waals surface area (Å²) in [5.74, 6) is 0.207. The number of anilines is 1. The zero-order chi connectivity index (χ0) is 17.1. The largest absolute Gasteiger partial charge is 0.323 e. The number of aryl methyl sites for hydroxylation is 1. The van der Waals surface area contributed by atoms with Gasteiger partial charge in [-0.3, -0.25) is 9.89 Å². The van der Waals surface area contributed by atoms with Gasteiger partial charge in [0.05, 0.1) is 11.0 Å². The molecular formula is C20H21N3O. The van der Waals surface area contributed by atoms with E-state index in [0.29, 0.717) is 5.92 Å². The predicted molar refractivity (Wildman–Crippen MR) is 98.5 cm³/mol. The minimum atomic E-state index is -0.210. The molecule has 1 atom stereocenters. The second kappa shape index (κ2) is 6.71. The third-order valence-corrected chi connectivity index (χ3v) is 4.13.